The molecule has 1 aromatic carbocycles. The first-order valence-electron chi connectivity index (χ1n) is 8.44. The number of esters is 1. The maximum absolute atomic E-state index is 12.7. The number of benzene rings is 1. The zero-order valence-corrected chi connectivity index (χ0v) is 15.1. The summed E-state index contributed by atoms with van der Waals surface area (Å²) < 4.78 is 44.6. The lowest BCUT2D eigenvalue weighted by Gasteiger charge is -2.08. The molecule has 0 saturated carbocycles. The molecule has 1 aliphatic heterocycles. The predicted octanol–water partition coefficient (Wildman–Crippen LogP) is 4.69. The molecule has 0 radical (unpaired) electrons. The highest BCUT2D eigenvalue weighted by molar-refractivity contribution is 6.22. The second kappa shape index (κ2) is 7.38. The number of aromatic nitrogens is 1. The van der Waals surface area contributed by atoms with Crippen LogP contribution >= 0.6 is 0 Å². The Hall–Kier alpha value is -3.29. The maximum Gasteiger partial charge on any atom is 0.416 e. The lowest BCUT2D eigenvalue weighted by Crippen LogP contribution is -2.13. The Labute approximate surface area is 159 Å². The van der Waals surface area contributed by atoms with Crippen molar-refractivity contribution in [3.8, 4) is 5.69 Å². The van der Waals surface area contributed by atoms with E-state index in [1.54, 1.807) is 43.0 Å². The van der Waals surface area contributed by atoms with Gasteiger partial charge in [-0.3, -0.25) is 0 Å². The van der Waals surface area contributed by atoms with Gasteiger partial charge in [-0.2, -0.15) is 13.2 Å². The molecular formula is C20H17F3N2O3. The van der Waals surface area contributed by atoms with E-state index in [-0.39, 0.29) is 23.6 Å². The van der Waals surface area contributed by atoms with Crippen LogP contribution in [0.15, 0.2) is 64.7 Å². The third kappa shape index (κ3) is 3.85. The van der Waals surface area contributed by atoms with E-state index in [0.29, 0.717) is 17.0 Å². The third-order valence-corrected chi connectivity index (χ3v) is 4.12. The first-order chi connectivity index (χ1) is 13.2. The van der Waals surface area contributed by atoms with Gasteiger partial charge in [-0.05, 0) is 55.8 Å². The quantitative estimate of drug-likeness (QED) is 0.771. The standard InChI is InChI=1S/C20H17F3N2O3/c1-3-28-19(27)17-12(2)24-16(18(17)26)10-13-8-9-25(11-13)15-6-4-14(5-7-15)20(21,22)23/h4-11,26H,3H2,1-2H3/b16-10+. The van der Waals surface area contributed by atoms with E-state index in [2.05, 4.69) is 4.99 Å². The molecular weight excluding hydrogens is 373 g/mol. The van der Waals surface area contributed by atoms with Crippen LogP contribution in [0.3, 0.4) is 0 Å². The number of carbonyl (C=O) groups excluding carboxylic acids is 1. The van der Waals surface area contributed by atoms with E-state index in [1.807, 2.05) is 0 Å². The fourth-order valence-electron chi connectivity index (χ4n) is 2.78. The summed E-state index contributed by atoms with van der Waals surface area (Å²) in [6, 6.07) is 6.48. The van der Waals surface area contributed by atoms with Gasteiger partial charge in [0.15, 0.2) is 5.76 Å². The number of aliphatic imine (C=N–C) groups is 1. The van der Waals surface area contributed by atoms with E-state index in [9.17, 15) is 23.1 Å². The average Bonchev–Trinajstić information content (AvgIpc) is 3.19. The van der Waals surface area contributed by atoms with Crippen LogP contribution in [0.1, 0.15) is 25.0 Å². The van der Waals surface area contributed by atoms with Gasteiger partial charge in [0.25, 0.3) is 0 Å². The molecule has 3 rings (SSSR count). The summed E-state index contributed by atoms with van der Waals surface area (Å²) in [6.07, 6.45) is 0.541. The van der Waals surface area contributed by atoms with Crippen molar-refractivity contribution in [3.05, 3.63) is 70.9 Å². The van der Waals surface area contributed by atoms with Crippen molar-refractivity contribution < 1.29 is 27.8 Å². The Bertz CT molecular complexity index is 996. The van der Waals surface area contributed by atoms with E-state index < -0.39 is 17.7 Å². The largest absolute Gasteiger partial charge is 0.505 e. The van der Waals surface area contributed by atoms with Crippen molar-refractivity contribution in [2.24, 2.45) is 4.99 Å². The minimum atomic E-state index is -4.39. The Morgan fingerprint density at radius 3 is 2.54 bits per heavy atom. The number of rotatable bonds is 4. The van der Waals surface area contributed by atoms with Crippen LogP contribution < -0.4 is 0 Å². The average molecular weight is 390 g/mol. The molecule has 5 nitrogen and oxygen atoms in total. The lowest BCUT2D eigenvalue weighted by molar-refractivity contribution is -0.138. The number of ether oxygens (including phenoxy) is 1. The summed E-state index contributed by atoms with van der Waals surface area (Å²) in [5, 5.41) is 10.3. The fourth-order valence-corrected chi connectivity index (χ4v) is 2.78. The van der Waals surface area contributed by atoms with Gasteiger partial charge in [-0.15, -0.1) is 0 Å². The van der Waals surface area contributed by atoms with Crippen LogP contribution in [0, 0.1) is 0 Å². The SMILES string of the molecule is CCOC(=O)C1=C(O)/C(=C\c2ccn(-c3ccc(C(F)(F)F)cc3)c2)N=C1C. The van der Waals surface area contributed by atoms with Crippen molar-refractivity contribution in [1.29, 1.82) is 0 Å². The number of alkyl halides is 3. The number of hydrogen-bond donors (Lipinski definition) is 1. The molecule has 0 amide bonds. The van der Waals surface area contributed by atoms with Gasteiger partial charge >= 0.3 is 12.1 Å². The van der Waals surface area contributed by atoms with E-state index in [1.165, 1.54) is 12.1 Å². The topological polar surface area (TPSA) is 63.8 Å². The molecule has 0 aliphatic carbocycles. The number of halogens is 3. The fraction of sp³-hybridized carbons (Fsp3) is 0.200. The minimum Gasteiger partial charge on any atom is -0.505 e. The molecule has 8 heteroatoms. The van der Waals surface area contributed by atoms with Crippen LogP contribution in [0.4, 0.5) is 13.2 Å². The zero-order valence-electron chi connectivity index (χ0n) is 15.1. The number of aliphatic hydroxyl groups is 1. The molecule has 2 heterocycles. The van der Waals surface area contributed by atoms with Gasteiger partial charge in [0.2, 0.25) is 0 Å². The Morgan fingerprint density at radius 2 is 1.93 bits per heavy atom. The number of carbonyl (C=O) groups is 1. The normalized spacial score (nSPS) is 15.9. The second-order valence-electron chi connectivity index (χ2n) is 6.07. The number of aliphatic hydroxyl groups excluding tert-OH is 1. The summed E-state index contributed by atoms with van der Waals surface area (Å²) >= 11 is 0. The molecule has 2 aromatic rings. The maximum atomic E-state index is 12.7. The van der Waals surface area contributed by atoms with Crippen molar-refractivity contribution in [2.75, 3.05) is 6.61 Å². The van der Waals surface area contributed by atoms with E-state index in [4.69, 9.17) is 4.74 Å². The summed E-state index contributed by atoms with van der Waals surface area (Å²) in [5.74, 6) is -0.912. The van der Waals surface area contributed by atoms with Gasteiger partial charge in [0.1, 0.15) is 11.3 Å². The minimum absolute atomic E-state index is 0.0234. The monoisotopic (exact) mass is 390 g/mol. The highest BCUT2D eigenvalue weighted by atomic mass is 19.4. The van der Waals surface area contributed by atoms with Crippen LogP contribution in [-0.2, 0) is 15.7 Å². The van der Waals surface area contributed by atoms with E-state index >= 15 is 0 Å². The summed E-state index contributed by atoms with van der Waals surface area (Å²) in [5.41, 5.74) is 1.08. The van der Waals surface area contributed by atoms with Gasteiger partial charge in [-0.25, -0.2) is 9.79 Å². The Balaban J connectivity index is 1.86. The molecule has 28 heavy (non-hydrogen) atoms. The summed E-state index contributed by atoms with van der Waals surface area (Å²) in [6.45, 7) is 3.44. The molecule has 0 fully saturated rings. The van der Waals surface area contributed by atoms with Gasteiger partial charge < -0.3 is 14.4 Å². The zero-order chi connectivity index (χ0) is 20.5. The molecule has 0 saturated heterocycles. The third-order valence-electron chi connectivity index (χ3n) is 4.12. The Morgan fingerprint density at radius 1 is 1.25 bits per heavy atom. The predicted molar refractivity (Wildman–Crippen MR) is 98.1 cm³/mol. The van der Waals surface area contributed by atoms with Gasteiger partial charge in [0, 0.05) is 18.1 Å². The van der Waals surface area contributed by atoms with E-state index in [0.717, 1.165) is 12.1 Å². The molecule has 0 atom stereocenters. The summed E-state index contributed by atoms with van der Waals surface area (Å²) in [7, 11) is 0. The first kappa shape index (κ1) is 19.5. The highest BCUT2D eigenvalue weighted by Gasteiger charge is 2.30. The van der Waals surface area contributed by atoms with Crippen molar-refractivity contribution in [1.82, 2.24) is 4.57 Å². The molecule has 0 unspecified atom stereocenters. The Kier molecular flexibility index (Phi) is 5.13. The summed E-state index contributed by atoms with van der Waals surface area (Å²) in [4.78, 5) is 16.1. The smallest absolute Gasteiger partial charge is 0.416 e. The van der Waals surface area contributed by atoms with Crippen LogP contribution in [0.2, 0.25) is 0 Å². The molecule has 1 aromatic heterocycles. The molecule has 0 spiro atoms. The van der Waals surface area contributed by atoms with Crippen molar-refractivity contribution in [2.45, 2.75) is 20.0 Å². The number of hydrogen-bond acceptors (Lipinski definition) is 4. The molecule has 1 aliphatic rings. The lowest BCUT2D eigenvalue weighted by atomic mass is 10.1. The highest BCUT2D eigenvalue weighted by Crippen LogP contribution is 2.30. The van der Waals surface area contributed by atoms with Crippen molar-refractivity contribution >= 4 is 17.8 Å². The molecule has 146 valence electrons. The first-order valence-corrected chi connectivity index (χ1v) is 8.44. The van der Waals surface area contributed by atoms with Crippen LogP contribution in [-0.4, -0.2) is 28.0 Å². The molecule has 0 bridgehead atoms. The van der Waals surface area contributed by atoms with Crippen molar-refractivity contribution in [3.63, 3.8) is 0 Å². The number of nitrogens with zero attached hydrogens (tertiary/aromatic N) is 2. The van der Waals surface area contributed by atoms with Crippen LogP contribution in [0.25, 0.3) is 11.8 Å². The van der Waals surface area contributed by atoms with Gasteiger partial charge in [-0.1, -0.05) is 0 Å². The molecule has 1 N–H and O–H groups in total. The van der Waals surface area contributed by atoms with Gasteiger partial charge in [0.05, 0.1) is 17.9 Å². The van der Waals surface area contributed by atoms with Crippen LogP contribution in [0.5, 0.6) is 0 Å². The second-order valence-corrected chi connectivity index (χ2v) is 6.07.